The average Bonchev–Trinajstić information content (AvgIpc) is 2.89. The van der Waals surface area contributed by atoms with Crippen LogP contribution in [0.15, 0.2) is 41.4 Å². The van der Waals surface area contributed by atoms with E-state index in [4.69, 9.17) is 32.7 Å². The van der Waals surface area contributed by atoms with E-state index >= 15 is 0 Å². The molecule has 5 nitrogen and oxygen atoms in total. The fraction of sp³-hybridized carbons (Fsp3) is 0.176. The second-order valence-electron chi connectivity index (χ2n) is 5.15. The number of hydrogen-bond donors (Lipinski definition) is 0. The molecule has 3 rings (SSSR count). The molecule has 0 saturated carbocycles. The van der Waals surface area contributed by atoms with Gasteiger partial charge in [-0.05, 0) is 36.4 Å². The van der Waals surface area contributed by atoms with Gasteiger partial charge in [-0.2, -0.15) is 4.99 Å². The van der Waals surface area contributed by atoms with Gasteiger partial charge < -0.3 is 14.0 Å². The largest absolute Gasteiger partial charge is 0.497 e. The summed E-state index contributed by atoms with van der Waals surface area (Å²) in [5.41, 5.74) is 0.971. The molecule has 2 aromatic carbocycles. The normalized spacial score (nSPS) is 11.8. The molecule has 0 N–H and O–H groups in total. The zero-order chi connectivity index (χ0) is 18.0. The van der Waals surface area contributed by atoms with Crippen LogP contribution in [0.4, 0.5) is 0 Å². The Morgan fingerprint density at radius 3 is 2.76 bits per heavy atom. The number of ether oxygens (including phenoxy) is 2. The Kier molecular flexibility index (Phi) is 5.32. The van der Waals surface area contributed by atoms with E-state index in [9.17, 15) is 4.79 Å². The van der Waals surface area contributed by atoms with Crippen LogP contribution in [0.5, 0.6) is 11.5 Å². The molecule has 0 spiro atoms. The van der Waals surface area contributed by atoms with Crippen molar-refractivity contribution in [2.45, 2.75) is 0 Å². The molecule has 3 aromatic rings. The van der Waals surface area contributed by atoms with Crippen LogP contribution in [0.2, 0.25) is 10.0 Å². The Bertz CT molecular complexity index is 1010. The maximum absolute atomic E-state index is 12.1. The van der Waals surface area contributed by atoms with Gasteiger partial charge in [0.1, 0.15) is 11.5 Å². The number of methoxy groups -OCH3 is 1. The highest BCUT2D eigenvalue weighted by molar-refractivity contribution is 7.16. The molecular weight excluding hydrogens is 383 g/mol. The van der Waals surface area contributed by atoms with Crippen LogP contribution in [-0.4, -0.2) is 24.2 Å². The lowest BCUT2D eigenvalue weighted by Gasteiger charge is -2.05. The molecule has 1 aromatic heterocycles. The van der Waals surface area contributed by atoms with Crippen LogP contribution in [0, 0.1) is 0 Å². The fourth-order valence-electron chi connectivity index (χ4n) is 2.22. The van der Waals surface area contributed by atoms with Crippen molar-refractivity contribution in [2.75, 3.05) is 13.7 Å². The molecule has 0 saturated heterocycles. The molecule has 0 aliphatic carbocycles. The van der Waals surface area contributed by atoms with Crippen LogP contribution in [0.1, 0.15) is 0 Å². The van der Waals surface area contributed by atoms with Gasteiger partial charge in [0.2, 0.25) is 0 Å². The molecule has 0 bridgehead atoms. The van der Waals surface area contributed by atoms with E-state index in [1.54, 1.807) is 25.3 Å². The van der Waals surface area contributed by atoms with Crippen molar-refractivity contribution in [3.8, 4) is 11.5 Å². The standard InChI is InChI=1S/C17H14Cl2N2O3S/c1-21-13-5-4-11(23-2)8-15(13)25-17(21)20-16(22)9-24-14-6-3-10(18)7-12(14)19/h3-8H,9H2,1-2H3. The highest BCUT2D eigenvalue weighted by atomic mass is 35.5. The number of fused-ring (bicyclic) bond motifs is 1. The molecule has 0 unspecified atom stereocenters. The summed E-state index contributed by atoms with van der Waals surface area (Å²) in [7, 11) is 3.47. The molecule has 0 radical (unpaired) electrons. The maximum atomic E-state index is 12.1. The van der Waals surface area contributed by atoms with E-state index in [0.717, 1.165) is 16.0 Å². The zero-order valence-corrected chi connectivity index (χ0v) is 15.8. The predicted octanol–water partition coefficient (Wildman–Crippen LogP) is 4.06. The van der Waals surface area contributed by atoms with Crippen molar-refractivity contribution in [3.05, 3.63) is 51.2 Å². The van der Waals surface area contributed by atoms with Gasteiger partial charge in [0, 0.05) is 12.1 Å². The quantitative estimate of drug-likeness (QED) is 0.667. The number of carbonyl (C=O) groups excluding carboxylic acids is 1. The van der Waals surface area contributed by atoms with Crippen molar-refractivity contribution in [1.82, 2.24) is 4.57 Å². The van der Waals surface area contributed by atoms with Gasteiger partial charge >= 0.3 is 0 Å². The number of carbonyl (C=O) groups is 1. The molecule has 8 heteroatoms. The molecule has 0 fully saturated rings. The number of halogens is 2. The lowest BCUT2D eigenvalue weighted by Crippen LogP contribution is -2.17. The highest BCUT2D eigenvalue weighted by Gasteiger charge is 2.08. The summed E-state index contributed by atoms with van der Waals surface area (Å²) in [4.78, 5) is 16.8. The van der Waals surface area contributed by atoms with Gasteiger partial charge in [0.05, 0.1) is 22.3 Å². The van der Waals surface area contributed by atoms with E-state index in [0.29, 0.717) is 20.6 Å². The lowest BCUT2D eigenvalue weighted by atomic mass is 10.3. The molecule has 0 aliphatic rings. The van der Waals surface area contributed by atoms with E-state index < -0.39 is 5.91 Å². The number of thiazole rings is 1. The summed E-state index contributed by atoms with van der Waals surface area (Å²) in [6.07, 6.45) is 0. The topological polar surface area (TPSA) is 52.8 Å². The summed E-state index contributed by atoms with van der Waals surface area (Å²) < 4.78 is 13.5. The van der Waals surface area contributed by atoms with E-state index in [1.165, 1.54) is 11.3 Å². The lowest BCUT2D eigenvalue weighted by molar-refractivity contribution is -0.120. The monoisotopic (exact) mass is 396 g/mol. The number of amides is 1. The van der Waals surface area contributed by atoms with Gasteiger partial charge in [0.25, 0.3) is 5.91 Å². The SMILES string of the molecule is COc1ccc2c(c1)sc(=NC(=O)COc1ccc(Cl)cc1Cl)n2C. The van der Waals surface area contributed by atoms with Crippen LogP contribution in [-0.2, 0) is 11.8 Å². The summed E-state index contributed by atoms with van der Waals surface area (Å²) in [6, 6.07) is 10.5. The van der Waals surface area contributed by atoms with Gasteiger partial charge in [-0.3, -0.25) is 4.79 Å². The van der Waals surface area contributed by atoms with Gasteiger partial charge in [-0.25, -0.2) is 0 Å². The second-order valence-corrected chi connectivity index (χ2v) is 7.00. The van der Waals surface area contributed by atoms with Gasteiger partial charge in [-0.1, -0.05) is 34.5 Å². The molecule has 25 heavy (non-hydrogen) atoms. The average molecular weight is 397 g/mol. The molecule has 130 valence electrons. The first-order valence-corrected chi connectivity index (χ1v) is 8.84. The third kappa shape index (κ3) is 3.98. The summed E-state index contributed by atoms with van der Waals surface area (Å²) in [5.74, 6) is 0.744. The molecule has 1 amide bonds. The Morgan fingerprint density at radius 2 is 2.04 bits per heavy atom. The predicted molar refractivity (Wildman–Crippen MR) is 99.9 cm³/mol. The highest BCUT2D eigenvalue weighted by Crippen LogP contribution is 2.27. The van der Waals surface area contributed by atoms with Crippen molar-refractivity contribution in [2.24, 2.45) is 12.0 Å². The fourth-order valence-corrected chi connectivity index (χ4v) is 3.75. The minimum absolute atomic E-state index is 0.209. The zero-order valence-electron chi connectivity index (χ0n) is 13.5. The first kappa shape index (κ1) is 17.8. The van der Waals surface area contributed by atoms with Crippen LogP contribution in [0.25, 0.3) is 10.2 Å². The first-order chi connectivity index (χ1) is 12.0. The van der Waals surface area contributed by atoms with Crippen LogP contribution in [0.3, 0.4) is 0 Å². The number of hydrogen-bond acceptors (Lipinski definition) is 4. The number of nitrogens with zero attached hydrogens (tertiary/aromatic N) is 2. The second kappa shape index (κ2) is 7.47. The third-order valence-corrected chi connectivity index (χ3v) is 5.11. The number of rotatable bonds is 4. The number of aryl methyl sites for hydroxylation is 1. The van der Waals surface area contributed by atoms with Gasteiger partial charge in [-0.15, -0.1) is 0 Å². The molecule has 0 atom stereocenters. The van der Waals surface area contributed by atoms with Crippen molar-refractivity contribution >= 4 is 50.7 Å². The number of benzene rings is 2. The summed E-state index contributed by atoms with van der Waals surface area (Å²) >= 11 is 13.2. The van der Waals surface area contributed by atoms with E-state index in [-0.39, 0.29) is 6.61 Å². The minimum Gasteiger partial charge on any atom is -0.497 e. The minimum atomic E-state index is -0.403. The number of aromatic nitrogens is 1. The first-order valence-electron chi connectivity index (χ1n) is 7.27. The Hall–Kier alpha value is -2.02. The van der Waals surface area contributed by atoms with Gasteiger partial charge in [0.15, 0.2) is 11.4 Å². The van der Waals surface area contributed by atoms with E-state index in [1.807, 2.05) is 29.8 Å². The smallest absolute Gasteiger partial charge is 0.286 e. The summed E-state index contributed by atoms with van der Waals surface area (Å²) in [5, 5.41) is 0.848. The maximum Gasteiger partial charge on any atom is 0.286 e. The molecular formula is C17H14Cl2N2O3S. The Labute approximate surface area is 158 Å². The van der Waals surface area contributed by atoms with E-state index in [2.05, 4.69) is 4.99 Å². The Morgan fingerprint density at radius 1 is 1.24 bits per heavy atom. The molecule has 0 aliphatic heterocycles. The van der Waals surface area contributed by atoms with Crippen LogP contribution < -0.4 is 14.3 Å². The van der Waals surface area contributed by atoms with Crippen molar-refractivity contribution in [3.63, 3.8) is 0 Å². The van der Waals surface area contributed by atoms with Crippen molar-refractivity contribution in [1.29, 1.82) is 0 Å². The Balaban J connectivity index is 1.81. The summed E-state index contributed by atoms with van der Waals surface area (Å²) in [6.45, 7) is -0.209. The van der Waals surface area contributed by atoms with Crippen LogP contribution >= 0.6 is 34.5 Å². The van der Waals surface area contributed by atoms with Crippen molar-refractivity contribution < 1.29 is 14.3 Å². The molecule has 1 heterocycles. The third-order valence-electron chi connectivity index (χ3n) is 3.48.